The van der Waals surface area contributed by atoms with Gasteiger partial charge < -0.3 is 24.6 Å². The van der Waals surface area contributed by atoms with Gasteiger partial charge in [0.05, 0.1) is 6.10 Å². The SMILES string of the molecule is COCC(=O)N(Cc1cc(NC(=O)C2CCC2)ccc1N(C)C)C[C@H]1CCCO1. The summed E-state index contributed by atoms with van der Waals surface area (Å²) in [6.45, 7) is 1.79. The minimum Gasteiger partial charge on any atom is -0.377 e. The third kappa shape index (κ3) is 5.70. The lowest BCUT2D eigenvalue weighted by atomic mass is 9.85. The topological polar surface area (TPSA) is 71.1 Å². The van der Waals surface area contributed by atoms with Crippen LogP contribution >= 0.6 is 0 Å². The van der Waals surface area contributed by atoms with Crippen LogP contribution in [0.4, 0.5) is 11.4 Å². The van der Waals surface area contributed by atoms with Gasteiger partial charge in [0.1, 0.15) is 6.61 Å². The predicted octanol–water partition coefficient (Wildman–Crippen LogP) is 2.65. The molecule has 0 radical (unpaired) electrons. The summed E-state index contributed by atoms with van der Waals surface area (Å²) in [4.78, 5) is 28.9. The summed E-state index contributed by atoms with van der Waals surface area (Å²) in [5.74, 6) is 0.161. The van der Waals surface area contributed by atoms with Crippen LogP contribution in [-0.4, -0.2) is 63.8 Å². The van der Waals surface area contributed by atoms with E-state index >= 15 is 0 Å². The highest BCUT2D eigenvalue weighted by Gasteiger charge is 2.26. The van der Waals surface area contributed by atoms with Crippen molar-refractivity contribution in [2.75, 3.05) is 51.2 Å². The molecular weight excluding hydrogens is 370 g/mol. The highest BCUT2D eigenvalue weighted by molar-refractivity contribution is 5.93. The highest BCUT2D eigenvalue weighted by atomic mass is 16.5. The second-order valence-corrected chi connectivity index (χ2v) is 8.20. The predicted molar refractivity (Wildman–Crippen MR) is 113 cm³/mol. The van der Waals surface area contributed by atoms with Gasteiger partial charge in [0.25, 0.3) is 0 Å². The highest BCUT2D eigenvalue weighted by Crippen LogP contribution is 2.29. The van der Waals surface area contributed by atoms with Crippen LogP contribution < -0.4 is 10.2 Å². The Balaban J connectivity index is 1.78. The van der Waals surface area contributed by atoms with E-state index in [0.29, 0.717) is 13.1 Å². The van der Waals surface area contributed by atoms with Crippen LogP contribution in [0.15, 0.2) is 18.2 Å². The number of carbonyl (C=O) groups is 2. The molecular formula is C22H33N3O4. The largest absolute Gasteiger partial charge is 0.377 e. The summed E-state index contributed by atoms with van der Waals surface area (Å²) in [5.41, 5.74) is 2.79. The molecule has 1 atom stereocenters. The number of amides is 2. The van der Waals surface area contributed by atoms with Gasteiger partial charge in [-0.3, -0.25) is 9.59 Å². The Bertz CT molecular complexity index is 712. The van der Waals surface area contributed by atoms with Gasteiger partial charge >= 0.3 is 0 Å². The Hall–Kier alpha value is -2.12. The van der Waals surface area contributed by atoms with Crippen molar-refractivity contribution in [2.45, 2.75) is 44.8 Å². The van der Waals surface area contributed by atoms with E-state index in [1.54, 1.807) is 4.90 Å². The van der Waals surface area contributed by atoms with Gasteiger partial charge in [0, 0.05) is 58.2 Å². The molecule has 0 spiro atoms. The van der Waals surface area contributed by atoms with E-state index < -0.39 is 0 Å². The van der Waals surface area contributed by atoms with E-state index in [2.05, 4.69) is 5.32 Å². The van der Waals surface area contributed by atoms with Crippen LogP contribution in [0.2, 0.25) is 0 Å². The fraction of sp³-hybridized carbons (Fsp3) is 0.636. The monoisotopic (exact) mass is 403 g/mol. The molecule has 1 saturated carbocycles. The van der Waals surface area contributed by atoms with E-state index in [-0.39, 0.29) is 30.4 Å². The molecule has 29 heavy (non-hydrogen) atoms. The van der Waals surface area contributed by atoms with Gasteiger partial charge in [-0.15, -0.1) is 0 Å². The van der Waals surface area contributed by atoms with Gasteiger partial charge in [-0.1, -0.05) is 6.42 Å². The minimum absolute atomic E-state index is 0.0438. The molecule has 0 unspecified atom stereocenters. The van der Waals surface area contributed by atoms with E-state index in [9.17, 15) is 9.59 Å². The van der Waals surface area contributed by atoms with Crippen LogP contribution in [0.3, 0.4) is 0 Å². The van der Waals surface area contributed by atoms with Gasteiger partial charge in [-0.25, -0.2) is 0 Å². The molecule has 0 bridgehead atoms. The maximum absolute atomic E-state index is 12.7. The number of anilines is 2. The molecule has 1 aliphatic carbocycles. The zero-order chi connectivity index (χ0) is 20.8. The van der Waals surface area contributed by atoms with Gasteiger partial charge in [0.15, 0.2) is 0 Å². The van der Waals surface area contributed by atoms with Crippen LogP contribution in [0.1, 0.15) is 37.7 Å². The van der Waals surface area contributed by atoms with Crippen LogP contribution in [0, 0.1) is 5.92 Å². The third-order valence-corrected chi connectivity index (χ3v) is 5.73. The number of hydrogen-bond donors (Lipinski definition) is 1. The Kier molecular flexibility index (Phi) is 7.50. The zero-order valence-electron chi connectivity index (χ0n) is 17.8. The average Bonchev–Trinajstić information content (AvgIpc) is 3.13. The normalized spacial score (nSPS) is 18.9. The van der Waals surface area contributed by atoms with Crippen LogP contribution in [0.5, 0.6) is 0 Å². The number of ether oxygens (including phenoxy) is 2. The average molecular weight is 404 g/mol. The third-order valence-electron chi connectivity index (χ3n) is 5.73. The first-order chi connectivity index (χ1) is 14.0. The lowest BCUT2D eigenvalue weighted by Gasteiger charge is -2.28. The number of rotatable bonds is 9. The summed E-state index contributed by atoms with van der Waals surface area (Å²) < 4.78 is 10.8. The van der Waals surface area contributed by atoms with E-state index in [4.69, 9.17) is 9.47 Å². The number of carbonyl (C=O) groups excluding carboxylic acids is 2. The Morgan fingerprint density at radius 3 is 2.59 bits per heavy atom. The smallest absolute Gasteiger partial charge is 0.248 e. The van der Waals surface area contributed by atoms with Crippen molar-refractivity contribution >= 4 is 23.2 Å². The molecule has 7 heteroatoms. The maximum atomic E-state index is 12.7. The van der Waals surface area contributed by atoms with Gasteiger partial charge in [-0.2, -0.15) is 0 Å². The van der Waals surface area contributed by atoms with Gasteiger partial charge in [-0.05, 0) is 49.4 Å². The summed E-state index contributed by atoms with van der Waals surface area (Å²) in [6, 6.07) is 5.90. The second-order valence-electron chi connectivity index (χ2n) is 8.20. The lowest BCUT2D eigenvalue weighted by Crippen LogP contribution is -2.39. The van der Waals surface area contributed by atoms with Crippen molar-refractivity contribution in [3.05, 3.63) is 23.8 Å². The fourth-order valence-corrected chi connectivity index (χ4v) is 3.85. The molecule has 1 aliphatic heterocycles. The number of nitrogens with zero attached hydrogens (tertiary/aromatic N) is 2. The minimum atomic E-state index is -0.0587. The molecule has 2 fully saturated rings. The molecule has 3 rings (SSSR count). The first kappa shape index (κ1) is 21.6. The summed E-state index contributed by atoms with van der Waals surface area (Å²) in [5, 5.41) is 3.04. The number of benzene rings is 1. The van der Waals surface area contributed by atoms with Crippen molar-refractivity contribution in [3.8, 4) is 0 Å². The molecule has 160 valence electrons. The summed E-state index contributed by atoms with van der Waals surface area (Å²) in [7, 11) is 5.49. The fourth-order valence-electron chi connectivity index (χ4n) is 3.85. The summed E-state index contributed by atoms with van der Waals surface area (Å²) in [6.07, 6.45) is 5.13. The lowest BCUT2D eigenvalue weighted by molar-refractivity contribution is -0.137. The Labute approximate surface area is 173 Å². The van der Waals surface area contributed by atoms with Gasteiger partial charge in [0.2, 0.25) is 11.8 Å². The molecule has 2 amide bonds. The first-order valence-corrected chi connectivity index (χ1v) is 10.5. The molecule has 1 N–H and O–H groups in total. The Morgan fingerprint density at radius 1 is 1.21 bits per heavy atom. The van der Waals surface area contributed by atoms with Crippen molar-refractivity contribution in [1.82, 2.24) is 4.90 Å². The Morgan fingerprint density at radius 2 is 2.00 bits per heavy atom. The standard InChI is InChI=1S/C22H33N3O4/c1-24(2)20-10-9-18(23-22(27)16-6-4-7-16)12-17(20)13-25(21(26)15-28-3)14-19-8-5-11-29-19/h9-10,12,16,19H,4-8,11,13-15H2,1-3H3,(H,23,27)/t19-/m1/s1. The molecule has 1 aromatic carbocycles. The van der Waals surface area contributed by atoms with Crippen molar-refractivity contribution < 1.29 is 19.1 Å². The zero-order valence-corrected chi connectivity index (χ0v) is 17.8. The van der Waals surface area contributed by atoms with Crippen LogP contribution in [-0.2, 0) is 25.6 Å². The summed E-state index contributed by atoms with van der Waals surface area (Å²) >= 11 is 0. The van der Waals surface area contributed by atoms with Crippen LogP contribution in [0.25, 0.3) is 0 Å². The number of methoxy groups -OCH3 is 1. The number of hydrogen-bond acceptors (Lipinski definition) is 5. The molecule has 0 aromatic heterocycles. The molecule has 2 aliphatic rings. The number of nitrogens with one attached hydrogen (secondary N) is 1. The first-order valence-electron chi connectivity index (χ1n) is 10.5. The molecule has 1 aromatic rings. The quantitative estimate of drug-likeness (QED) is 0.686. The molecule has 1 saturated heterocycles. The van der Waals surface area contributed by atoms with E-state index in [0.717, 1.165) is 55.6 Å². The van der Waals surface area contributed by atoms with E-state index in [1.807, 2.05) is 37.2 Å². The molecule has 1 heterocycles. The van der Waals surface area contributed by atoms with Crippen molar-refractivity contribution in [2.24, 2.45) is 5.92 Å². The van der Waals surface area contributed by atoms with Crippen molar-refractivity contribution in [1.29, 1.82) is 0 Å². The molecule has 7 nitrogen and oxygen atoms in total. The van der Waals surface area contributed by atoms with E-state index in [1.165, 1.54) is 7.11 Å². The van der Waals surface area contributed by atoms with Crippen molar-refractivity contribution in [3.63, 3.8) is 0 Å². The maximum Gasteiger partial charge on any atom is 0.248 e. The second kappa shape index (κ2) is 10.1.